The minimum atomic E-state index is -1.13. The van der Waals surface area contributed by atoms with Crippen LogP contribution in [0.2, 0.25) is 0 Å². The molecule has 4 amide bonds. The van der Waals surface area contributed by atoms with E-state index in [0.717, 1.165) is 16.0 Å². The van der Waals surface area contributed by atoms with Crippen LogP contribution in [-0.2, 0) is 9.59 Å². The Balaban J connectivity index is 1.26. The summed E-state index contributed by atoms with van der Waals surface area (Å²) < 4.78 is 5.44. The Labute approximate surface area is 200 Å². The van der Waals surface area contributed by atoms with Crippen LogP contribution in [0.15, 0.2) is 72.8 Å². The summed E-state index contributed by atoms with van der Waals surface area (Å²) in [5.41, 5.74) is 7.33. The van der Waals surface area contributed by atoms with E-state index in [2.05, 4.69) is 16.9 Å². The minimum absolute atomic E-state index is 0.236. The number of rotatable bonds is 6. The van der Waals surface area contributed by atoms with Gasteiger partial charge in [0.25, 0.3) is 23.6 Å². The van der Waals surface area contributed by atoms with Gasteiger partial charge in [-0.15, -0.1) is 0 Å². The number of hydrogen-bond donors (Lipinski definition) is 2. The van der Waals surface area contributed by atoms with Gasteiger partial charge >= 0.3 is 0 Å². The molecular formula is C26H20N4O5. The number of nitrogens with zero attached hydrogens (tertiary/aromatic N) is 2. The molecule has 0 aromatic heterocycles. The van der Waals surface area contributed by atoms with Crippen LogP contribution >= 0.6 is 0 Å². The van der Waals surface area contributed by atoms with Crippen LogP contribution in [0.3, 0.4) is 0 Å². The van der Waals surface area contributed by atoms with Crippen molar-refractivity contribution in [3.8, 4) is 22.9 Å². The molecule has 0 radical (unpaired) electrons. The van der Waals surface area contributed by atoms with Crippen molar-refractivity contribution in [1.29, 1.82) is 5.26 Å². The van der Waals surface area contributed by atoms with Crippen LogP contribution in [0.4, 0.5) is 0 Å². The van der Waals surface area contributed by atoms with Crippen molar-refractivity contribution in [3.63, 3.8) is 0 Å². The molecule has 1 atom stereocenters. The van der Waals surface area contributed by atoms with Crippen molar-refractivity contribution >= 4 is 23.6 Å². The van der Waals surface area contributed by atoms with Gasteiger partial charge in [0.15, 0.2) is 6.61 Å². The van der Waals surface area contributed by atoms with Gasteiger partial charge in [-0.05, 0) is 54.4 Å². The van der Waals surface area contributed by atoms with E-state index < -0.39 is 29.7 Å². The fourth-order valence-corrected chi connectivity index (χ4v) is 3.58. The summed E-state index contributed by atoms with van der Waals surface area (Å²) in [6, 6.07) is 21.4. The Morgan fingerprint density at radius 1 is 0.886 bits per heavy atom. The van der Waals surface area contributed by atoms with Crippen LogP contribution in [0.5, 0.6) is 5.75 Å². The third-order valence-electron chi connectivity index (χ3n) is 5.49. The molecule has 0 bridgehead atoms. The van der Waals surface area contributed by atoms with E-state index in [1.54, 1.807) is 36.4 Å². The summed E-state index contributed by atoms with van der Waals surface area (Å²) in [5.74, 6) is -2.02. The highest BCUT2D eigenvalue weighted by Gasteiger charge is 2.40. The summed E-state index contributed by atoms with van der Waals surface area (Å²) in [5, 5.41) is 8.89. The molecule has 2 N–H and O–H groups in total. The van der Waals surface area contributed by atoms with E-state index >= 15 is 0 Å². The highest BCUT2D eigenvalue weighted by molar-refractivity contribution is 6.22. The second-order valence-corrected chi connectivity index (χ2v) is 7.74. The monoisotopic (exact) mass is 468 g/mol. The highest BCUT2D eigenvalue weighted by atomic mass is 16.5. The second-order valence-electron chi connectivity index (χ2n) is 7.74. The number of carbonyl (C=O) groups is 4. The number of nitriles is 1. The molecule has 0 spiro atoms. The average Bonchev–Trinajstić information content (AvgIpc) is 3.15. The lowest BCUT2D eigenvalue weighted by molar-refractivity contribution is -0.131. The van der Waals surface area contributed by atoms with Crippen molar-refractivity contribution in [3.05, 3.63) is 89.5 Å². The fraction of sp³-hybridized carbons (Fsp3) is 0.115. The molecule has 3 aromatic carbocycles. The number of hydrogen-bond acceptors (Lipinski definition) is 6. The number of imide groups is 1. The van der Waals surface area contributed by atoms with Gasteiger partial charge in [-0.25, -0.2) is 0 Å². The first-order valence-corrected chi connectivity index (χ1v) is 10.7. The normalized spacial score (nSPS) is 13.0. The van der Waals surface area contributed by atoms with Gasteiger partial charge in [-0.2, -0.15) is 5.26 Å². The third-order valence-corrected chi connectivity index (χ3v) is 5.49. The maximum atomic E-state index is 12.5. The smallest absolute Gasteiger partial charge is 0.276 e. The molecule has 9 nitrogen and oxygen atoms in total. The lowest BCUT2D eigenvalue weighted by atomic mass is 10.0. The van der Waals surface area contributed by atoms with Crippen LogP contribution in [-0.4, -0.2) is 41.2 Å². The van der Waals surface area contributed by atoms with Gasteiger partial charge in [-0.3, -0.25) is 34.9 Å². The zero-order valence-electron chi connectivity index (χ0n) is 18.6. The number of benzene rings is 3. The summed E-state index contributed by atoms with van der Waals surface area (Å²) in [6.45, 7) is 1.03. The van der Waals surface area contributed by atoms with Crippen LogP contribution in [0.1, 0.15) is 33.2 Å². The third kappa shape index (κ3) is 4.86. The van der Waals surface area contributed by atoms with Gasteiger partial charge in [-0.1, -0.05) is 36.4 Å². The Bertz CT molecular complexity index is 1310. The van der Waals surface area contributed by atoms with Gasteiger partial charge < -0.3 is 4.74 Å². The van der Waals surface area contributed by atoms with E-state index in [-0.39, 0.29) is 17.7 Å². The topological polar surface area (TPSA) is 129 Å². The van der Waals surface area contributed by atoms with Crippen molar-refractivity contribution in [2.75, 3.05) is 6.61 Å². The molecule has 0 aliphatic carbocycles. The standard InChI is InChI=1S/C26H20N4O5/c1-16(30-25(33)21-4-2-3-5-22(21)26(30)34)24(32)29-28-23(31)15-35-20-12-10-19(11-13-20)18-8-6-17(14-27)7-9-18/h2-13,16H,15H2,1H3,(H,28,31)(H,29,32). The molecule has 1 aliphatic heterocycles. The predicted molar refractivity (Wildman–Crippen MR) is 125 cm³/mol. The molecular weight excluding hydrogens is 448 g/mol. The SMILES string of the molecule is CC(C(=O)NNC(=O)COc1ccc(-c2ccc(C#N)cc2)cc1)N1C(=O)c2ccccc2C1=O. The number of fused-ring (bicyclic) bond motifs is 1. The summed E-state index contributed by atoms with van der Waals surface area (Å²) in [7, 11) is 0. The summed E-state index contributed by atoms with van der Waals surface area (Å²) in [4.78, 5) is 50.4. The Morgan fingerprint density at radius 3 is 1.97 bits per heavy atom. The molecule has 0 saturated carbocycles. The second kappa shape index (κ2) is 9.89. The number of amides is 4. The number of nitrogens with one attached hydrogen (secondary N) is 2. The van der Waals surface area contributed by atoms with Gasteiger partial charge in [0, 0.05) is 0 Å². The van der Waals surface area contributed by atoms with Gasteiger partial charge in [0.1, 0.15) is 11.8 Å². The molecule has 3 aromatic rings. The lowest BCUT2D eigenvalue weighted by Crippen LogP contribution is -2.53. The molecule has 1 unspecified atom stereocenters. The zero-order valence-corrected chi connectivity index (χ0v) is 18.6. The van der Waals surface area contributed by atoms with Crippen molar-refractivity contribution in [1.82, 2.24) is 15.8 Å². The summed E-state index contributed by atoms with van der Waals surface area (Å²) >= 11 is 0. The first kappa shape index (κ1) is 23.2. The van der Waals surface area contributed by atoms with Crippen molar-refractivity contribution in [2.24, 2.45) is 0 Å². The molecule has 9 heteroatoms. The quantitative estimate of drug-likeness (QED) is 0.422. The first-order valence-electron chi connectivity index (χ1n) is 10.7. The Kier molecular flexibility index (Phi) is 6.55. The van der Waals surface area contributed by atoms with E-state index in [4.69, 9.17) is 10.00 Å². The largest absolute Gasteiger partial charge is 0.484 e. The molecule has 0 saturated heterocycles. The van der Waals surface area contributed by atoms with E-state index in [1.165, 1.54) is 19.1 Å². The highest BCUT2D eigenvalue weighted by Crippen LogP contribution is 2.25. The average molecular weight is 468 g/mol. The van der Waals surface area contributed by atoms with Gasteiger partial charge in [0.05, 0.1) is 22.8 Å². The van der Waals surface area contributed by atoms with Gasteiger partial charge in [0.2, 0.25) is 0 Å². The van der Waals surface area contributed by atoms with Crippen LogP contribution in [0, 0.1) is 11.3 Å². The molecule has 4 rings (SSSR count). The van der Waals surface area contributed by atoms with E-state index in [9.17, 15) is 19.2 Å². The van der Waals surface area contributed by atoms with Crippen LogP contribution in [0.25, 0.3) is 11.1 Å². The Hall–Kier alpha value is -4.97. The minimum Gasteiger partial charge on any atom is -0.484 e. The maximum Gasteiger partial charge on any atom is 0.276 e. The van der Waals surface area contributed by atoms with E-state index in [1.807, 2.05) is 24.3 Å². The molecule has 0 fully saturated rings. The molecule has 1 heterocycles. The maximum absolute atomic E-state index is 12.5. The van der Waals surface area contributed by atoms with Crippen molar-refractivity contribution < 1.29 is 23.9 Å². The fourth-order valence-electron chi connectivity index (χ4n) is 3.58. The summed E-state index contributed by atoms with van der Waals surface area (Å²) in [6.07, 6.45) is 0. The molecule has 174 valence electrons. The molecule has 1 aliphatic rings. The Morgan fingerprint density at radius 2 is 1.43 bits per heavy atom. The zero-order chi connectivity index (χ0) is 24.9. The number of carbonyl (C=O) groups excluding carboxylic acids is 4. The lowest BCUT2D eigenvalue weighted by Gasteiger charge is -2.21. The number of ether oxygens (including phenoxy) is 1. The first-order chi connectivity index (χ1) is 16.9. The van der Waals surface area contributed by atoms with Crippen molar-refractivity contribution in [2.45, 2.75) is 13.0 Å². The predicted octanol–water partition coefficient (Wildman–Crippen LogP) is 2.44. The molecule has 35 heavy (non-hydrogen) atoms. The van der Waals surface area contributed by atoms with E-state index in [0.29, 0.717) is 11.3 Å². The van der Waals surface area contributed by atoms with Crippen LogP contribution < -0.4 is 15.6 Å². The number of hydrazine groups is 1.